The fraction of sp³-hybridized carbons (Fsp3) is 0.520. The summed E-state index contributed by atoms with van der Waals surface area (Å²) in [4.78, 5) is 0. The van der Waals surface area contributed by atoms with Crippen molar-refractivity contribution in [1.82, 2.24) is 0 Å². The third-order valence-corrected chi connectivity index (χ3v) is 9.15. The zero-order valence-corrected chi connectivity index (χ0v) is 22.8. The fourth-order valence-corrected chi connectivity index (χ4v) is 7.06. The highest BCUT2D eigenvalue weighted by atomic mass is 32.7. The molecule has 0 amide bonds. The largest absolute Gasteiger partial charge is 0.396 e. The van der Waals surface area contributed by atoms with Gasteiger partial charge in [-0.2, -0.15) is 0 Å². The first-order valence-electron chi connectivity index (χ1n) is 11.2. The molecular formula is C25H42O3P2S. The van der Waals surface area contributed by atoms with E-state index in [0.29, 0.717) is 40.3 Å². The number of aliphatic hydroxyl groups excluding tert-OH is 2. The number of aliphatic hydroxyl groups is 2. The van der Waals surface area contributed by atoms with Crippen molar-refractivity contribution >= 4 is 28.0 Å². The van der Waals surface area contributed by atoms with Crippen molar-refractivity contribution in [3.8, 4) is 0 Å². The molecule has 3 nitrogen and oxygen atoms in total. The van der Waals surface area contributed by atoms with Gasteiger partial charge in [0.2, 0.25) is 0 Å². The predicted molar refractivity (Wildman–Crippen MR) is 144 cm³/mol. The van der Waals surface area contributed by atoms with E-state index in [1.165, 1.54) is 11.1 Å². The van der Waals surface area contributed by atoms with E-state index in [4.69, 9.17) is 4.52 Å². The standard InChI is InChI=1S/C21H30O3P2S.2C2H6/c1-17(19-9-5-3-6-10-19)25-24-15-21(13-22,14-23)16-27-26-18(2)20-11-7-4-8-12-20;2*1-2/h3-12,17-18,22-23,25-26H,13-16H2,1-2H3;2*1-2H3. The number of rotatable bonds is 12. The lowest BCUT2D eigenvalue weighted by molar-refractivity contribution is 0.0373. The smallest absolute Gasteiger partial charge is 0.0614 e. The highest BCUT2D eigenvalue weighted by Gasteiger charge is 2.30. The van der Waals surface area contributed by atoms with Crippen LogP contribution in [0.5, 0.6) is 0 Å². The Bertz CT molecular complexity index is 586. The van der Waals surface area contributed by atoms with Crippen LogP contribution in [0.4, 0.5) is 0 Å². The molecule has 0 spiro atoms. The summed E-state index contributed by atoms with van der Waals surface area (Å²) < 4.78 is 5.94. The fourth-order valence-electron chi connectivity index (χ4n) is 2.53. The monoisotopic (exact) mass is 484 g/mol. The van der Waals surface area contributed by atoms with Gasteiger partial charge in [-0.3, -0.25) is 0 Å². The van der Waals surface area contributed by atoms with Gasteiger partial charge in [0.05, 0.1) is 19.8 Å². The normalized spacial score (nSPS) is 13.4. The zero-order chi connectivity index (χ0) is 23.5. The Balaban J connectivity index is 0.00000212. The first-order chi connectivity index (χ1) is 15.1. The summed E-state index contributed by atoms with van der Waals surface area (Å²) in [5.41, 5.74) is 2.77. The van der Waals surface area contributed by atoms with Crippen LogP contribution >= 0.6 is 28.0 Å². The topological polar surface area (TPSA) is 49.7 Å². The molecule has 2 aromatic rings. The molecule has 4 atom stereocenters. The van der Waals surface area contributed by atoms with Crippen LogP contribution in [0.15, 0.2) is 60.7 Å². The van der Waals surface area contributed by atoms with E-state index in [-0.39, 0.29) is 13.2 Å². The first kappa shape index (κ1) is 30.5. The molecule has 6 heteroatoms. The second kappa shape index (κ2) is 19.0. The average molecular weight is 485 g/mol. The third-order valence-electron chi connectivity index (χ3n) is 4.55. The summed E-state index contributed by atoms with van der Waals surface area (Å²) >= 11 is 1.80. The van der Waals surface area contributed by atoms with E-state index in [2.05, 4.69) is 50.2 Å². The Kier molecular flexibility index (Phi) is 18.8. The summed E-state index contributed by atoms with van der Waals surface area (Å²) in [5, 5.41) is 19.8. The van der Waals surface area contributed by atoms with Crippen molar-refractivity contribution in [2.45, 2.75) is 52.9 Å². The predicted octanol–water partition coefficient (Wildman–Crippen LogP) is 7.47. The maximum Gasteiger partial charge on any atom is 0.0614 e. The summed E-state index contributed by atoms with van der Waals surface area (Å²) in [6.07, 6.45) is 0. The molecule has 2 N–H and O–H groups in total. The highest BCUT2D eigenvalue weighted by Crippen LogP contribution is 2.47. The average Bonchev–Trinajstić information content (AvgIpc) is 2.86. The lowest BCUT2D eigenvalue weighted by Gasteiger charge is -2.30. The minimum absolute atomic E-state index is 0.0646. The molecule has 0 aliphatic heterocycles. The van der Waals surface area contributed by atoms with Crippen molar-refractivity contribution in [3.63, 3.8) is 0 Å². The van der Waals surface area contributed by atoms with Crippen LogP contribution in [0.25, 0.3) is 0 Å². The quantitative estimate of drug-likeness (QED) is 0.307. The van der Waals surface area contributed by atoms with Crippen LogP contribution in [0, 0.1) is 5.41 Å². The zero-order valence-electron chi connectivity index (χ0n) is 20.0. The van der Waals surface area contributed by atoms with Crippen LogP contribution in [0.1, 0.15) is 64.0 Å². The van der Waals surface area contributed by atoms with E-state index < -0.39 is 5.41 Å². The molecular weight excluding hydrogens is 442 g/mol. The molecule has 2 aromatic carbocycles. The van der Waals surface area contributed by atoms with E-state index in [9.17, 15) is 10.2 Å². The number of benzene rings is 2. The van der Waals surface area contributed by atoms with Gasteiger partial charge in [-0.05, 0) is 11.1 Å². The molecule has 0 saturated carbocycles. The second-order valence-electron chi connectivity index (χ2n) is 6.89. The van der Waals surface area contributed by atoms with Gasteiger partial charge in [-0.1, -0.05) is 110 Å². The van der Waals surface area contributed by atoms with Gasteiger partial charge in [0.15, 0.2) is 0 Å². The van der Waals surface area contributed by atoms with Gasteiger partial charge in [0.25, 0.3) is 0 Å². The third kappa shape index (κ3) is 11.8. The summed E-state index contributed by atoms with van der Waals surface area (Å²) in [6, 6.07) is 20.8. The molecule has 0 aromatic heterocycles. The molecule has 0 heterocycles. The summed E-state index contributed by atoms with van der Waals surface area (Å²) in [6.45, 7) is 12.6. The minimum atomic E-state index is -0.586. The van der Waals surface area contributed by atoms with Gasteiger partial charge >= 0.3 is 0 Å². The molecule has 176 valence electrons. The van der Waals surface area contributed by atoms with Crippen LogP contribution < -0.4 is 0 Å². The SMILES string of the molecule is CC.CC.CC(POCC(CO)(CO)CSPC(C)c1ccccc1)c1ccccc1. The molecule has 0 aliphatic carbocycles. The van der Waals surface area contributed by atoms with Crippen molar-refractivity contribution in [1.29, 1.82) is 0 Å². The van der Waals surface area contributed by atoms with E-state index in [1.54, 1.807) is 11.4 Å². The van der Waals surface area contributed by atoms with E-state index in [0.717, 1.165) is 0 Å². The Morgan fingerprint density at radius 2 is 1.26 bits per heavy atom. The molecule has 4 unspecified atom stereocenters. The number of hydrogen-bond acceptors (Lipinski definition) is 4. The summed E-state index contributed by atoms with van der Waals surface area (Å²) in [5.74, 6) is 0.694. The highest BCUT2D eigenvalue weighted by molar-refractivity contribution is 8.49. The maximum absolute atomic E-state index is 9.89. The van der Waals surface area contributed by atoms with Gasteiger partial charge in [0.1, 0.15) is 0 Å². The van der Waals surface area contributed by atoms with Crippen LogP contribution in [0.3, 0.4) is 0 Å². The molecule has 0 saturated heterocycles. The molecule has 31 heavy (non-hydrogen) atoms. The van der Waals surface area contributed by atoms with Crippen LogP contribution in [0.2, 0.25) is 0 Å². The minimum Gasteiger partial charge on any atom is -0.396 e. The molecule has 0 aliphatic rings. The second-order valence-corrected chi connectivity index (χ2v) is 11.5. The van der Waals surface area contributed by atoms with Crippen molar-refractivity contribution < 1.29 is 14.7 Å². The molecule has 0 fully saturated rings. The van der Waals surface area contributed by atoms with Gasteiger partial charge in [-0.15, -0.1) is 11.4 Å². The lowest BCUT2D eigenvalue weighted by Crippen LogP contribution is -2.36. The van der Waals surface area contributed by atoms with Gasteiger partial charge in [-0.25, -0.2) is 0 Å². The van der Waals surface area contributed by atoms with E-state index >= 15 is 0 Å². The van der Waals surface area contributed by atoms with Gasteiger partial charge in [0, 0.05) is 31.3 Å². The Hall–Kier alpha value is -0.470. The number of hydrogen-bond donors (Lipinski definition) is 2. The van der Waals surface area contributed by atoms with Crippen LogP contribution in [-0.2, 0) is 4.52 Å². The Morgan fingerprint density at radius 3 is 1.71 bits per heavy atom. The maximum atomic E-state index is 9.89. The Morgan fingerprint density at radius 1 is 0.806 bits per heavy atom. The first-order valence-corrected chi connectivity index (χ1v) is 14.9. The van der Waals surface area contributed by atoms with Crippen molar-refractivity contribution in [3.05, 3.63) is 71.8 Å². The molecule has 0 bridgehead atoms. The van der Waals surface area contributed by atoms with Gasteiger partial charge < -0.3 is 14.7 Å². The van der Waals surface area contributed by atoms with Crippen molar-refractivity contribution in [2.75, 3.05) is 25.6 Å². The van der Waals surface area contributed by atoms with Crippen molar-refractivity contribution in [2.24, 2.45) is 5.41 Å². The van der Waals surface area contributed by atoms with Crippen LogP contribution in [-0.4, -0.2) is 35.8 Å². The Labute approximate surface area is 198 Å². The lowest BCUT2D eigenvalue weighted by atomic mass is 9.94. The summed E-state index contributed by atoms with van der Waals surface area (Å²) in [7, 11) is 0.994. The van der Waals surface area contributed by atoms with E-state index in [1.807, 2.05) is 52.0 Å². The molecule has 2 rings (SSSR count). The molecule has 0 radical (unpaired) electrons.